The van der Waals surface area contributed by atoms with Crippen LogP contribution in [0.5, 0.6) is 0 Å². The summed E-state index contributed by atoms with van der Waals surface area (Å²) in [5.74, 6) is -1.17. The SMILES string of the molecule is O=C(COC(=O)c1ccc[n+]([O-])c1)Nc1ccc(I)cc1. The maximum absolute atomic E-state index is 11.6. The molecule has 0 aliphatic heterocycles. The highest BCUT2D eigenvalue weighted by atomic mass is 127. The molecule has 0 saturated heterocycles. The quantitative estimate of drug-likeness (QED) is 0.368. The third-order valence-electron chi connectivity index (χ3n) is 2.47. The Kier molecular flexibility index (Phi) is 5.09. The molecule has 0 spiro atoms. The lowest BCUT2D eigenvalue weighted by atomic mass is 10.3. The van der Waals surface area contributed by atoms with Gasteiger partial charge in [-0.05, 0) is 52.9 Å². The predicted octanol–water partition coefficient (Wildman–Crippen LogP) is 1.72. The molecular formula is C14H11IN2O4. The van der Waals surface area contributed by atoms with E-state index in [2.05, 4.69) is 27.9 Å². The van der Waals surface area contributed by atoms with Crippen LogP contribution in [0.1, 0.15) is 10.4 Å². The van der Waals surface area contributed by atoms with Gasteiger partial charge in [0.15, 0.2) is 19.0 Å². The largest absolute Gasteiger partial charge is 0.619 e. The molecule has 21 heavy (non-hydrogen) atoms. The number of carbonyl (C=O) groups is 2. The minimum Gasteiger partial charge on any atom is -0.619 e. The molecule has 1 amide bonds. The van der Waals surface area contributed by atoms with Crippen LogP contribution in [-0.2, 0) is 9.53 Å². The number of halogens is 1. The lowest BCUT2D eigenvalue weighted by Crippen LogP contribution is -2.27. The maximum Gasteiger partial charge on any atom is 0.344 e. The molecule has 6 nitrogen and oxygen atoms in total. The molecule has 2 rings (SSSR count). The molecule has 7 heteroatoms. The van der Waals surface area contributed by atoms with E-state index in [0.29, 0.717) is 10.4 Å². The fourth-order valence-electron chi connectivity index (χ4n) is 1.52. The molecule has 0 atom stereocenters. The van der Waals surface area contributed by atoms with Gasteiger partial charge in [-0.3, -0.25) is 4.79 Å². The average Bonchev–Trinajstić information content (AvgIpc) is 2.47. The predicted molar refractivity (Wildman–Crippen MR) is 83.5 cm³/mol. The van der Waals surface area contributed by atoms with Crippen molar-refractivity contribution in [3.63, 3.8) is 0 Å². The Balaban J connectivity index is 1.86. The van der Waals surface area contributed by atoms with E-state index in [0.717, 1.165) is 9.77 Å². The van der Waals surface area contributed by atoms with Gasteiger partial charge in [0.2, 0.25) is 0 Å². The van der Waals surface area contributed by atoms with Gasteiger partial charge in [-0.1, -0.05) is 0 Å². The molecule has 1 aromatic carbocycles. The molecule has 0 fully saturated rings. The third kappa shape index (κ3) is 4.71. The molecule has 108 valence electrons. The van der Waals surface area contributed by atoms with Gasteiger partial charge in [0.05, 0.1) is 0 Å². The van der Waals surface area contributed by atoms with E-state index in [1.807, 2.05) is 12.1 Å². The second-order valence-corrected chi connectivity index (χ2v) is 5.33. The number of benzene rings is 1. The van der Waals surface area contributed by atoms with Gasteiger partial charge < -0.3 is 15.3 Å². The Morgan fingerprint density at radius 3 is 2.62 bits per heavy atom. The summed E-state index contributed by atoms with van der Waals surface area (Å²) in [6.45, 7) is -0.418. The first-order valence-electron chi connectivity index (χ1n) is 5.96. The van der Waals surface area contributed by atoms with Gasteiger partial charge in [-0.2, -0.15) is 4.73 Å². The van der Waals surface area contributed by atoms with Crippen molar-refractivity contribution in [3.05, 3.63) is 63.1 Å². The molecule has 2 aromatic rings. The van der Waals surface area contributed by atoms with Gasteiger partial charge in [0.1, 0.15) is 5.56 Å². The van der Waals surface area contributed by atoms with E-state index < -0.39 is 18.5 Å². The lowest BCUT2D eigenvalue weighted by molar-refractivity contribution is -0.605. The molecule has 0 saturated carbocycles. The van der Waals surface area contributed by atoms with Gasteiger partial charge in [0.25, 0.3) is 5.91 Å². The molecule has 0 radical (unpaired) electrons. The molecule has 0 aliphatic carbocycles. The number of carbonyl (C=O) groups excluding carboxylic acids is 2. The van der Waals surface area contributed by atoms with Crippen LogP contribution in [0.4, 0.5) is 5.69 Å². The first-order chi connectivity index (χ1) is 10.0. The number of hydrogen-bond donors (Lipinski definition) is 1. The number of rotatable bonds is 4. The van der Waals surface area contributed by atoms with Crippen LogP contribution < -0.4 is 10.0 Å². The van der Waals surface area contributed by atoms with Crippen LogP contribution in [0.25, 0.3) is 0 Å². The van der Waals surface area contributed by atoms with E-state index in [9.17, 15) is 14.8 Å². The van der Waals surface area contributed by atoms with E-state index in [-0.39, 0.29) is 5.56 Å². The minimum absolute atomic E-state index is 0.0922. The molecular weight excluding hydrogens is 387 g/mol. The zero-order valence-corrected chi connectivity index (χ0v) is 12.9. The average molecular weight is 398 g/mol. The fraction of sp³-hybridized carbons (Fsp3) is 0.0714. The zero-order chi connectivity index (χ0) is 15.2. The zero-order valence-electron chi connectivity index (χ0n) is 10.8. The van der Waals surface area contributed by atoms with Crippen LogP contribution in [-0.4, -0.2) is 18.5 Å². The number of amides is 1. The summed E-state index contributed by atoms with van der Waals surface area (Å²) in [6, 6.07) is 10.1. The number of esters is 1. The Morgan fingerprint density at radius 1 is 1.24 bits per heavy atom. The molecule has 0 unspecified atom stereocenters. The van der Waals surface area contributed by atoms with Crippen molar-refractivity contribution >= 4 is 40.2 Å². The van der Waals surface area contributed by atoms with Crippen molar-refractivity contribution in [2.24, 2.45) is 0 Å². The minimum atomic E-state index is -0.724. The number of anilines is 1. The first kappa shape index (κ1) is 15.2. The van der Waals surface area contributed by atoms with E-state index in [1.54, 1.807) is 12.1 Å². The Hall–Kier alpha value is -2.16. The molecule has 1 N–H and O–H groups in total. The van der Waals surface area contributed by atoms with Gasteiger partial charge in [0, 0.05) is 15.3 Å². The summed E-state index contributed by atoms with van der Waals surface area (Å²) in [5, 5.41) is 13.6. The number of hydrogen-bond acceptors (Lipinski definition) is 4. The summed E-state index contributed by atoms with van der Waals surface area (Å²) < 4.78 is 6.37. The number of pyridine rings is 1. The van der Waals surface area contributed by atoms with Gasteiger partial charge >= 0.3 is 5.97 Å². The number of nitrogens with zero attached hydrogens (tertiary/aromatic N) is 1. The number of nitrogens with one attached hydrogen (secondary N) is 1. The molecule has 1 aromatic heterocycles. The normalized spacial score (nSPS) is 9.95. The maximum atomic E-state index is 11.6. The standard InChI is InChI=1S/C14H11IN2O4/c15-11-3-5-12(6-4-11)16-13(18)9-21-14(19)10-2-1-7-17(20)8-10/h1-8H,9H2,(H,16,18). The summed E-state index contributed by atoms with van der Waals surface area (Å²) >= 11 is 2.15. The Bertz CT molecular complexity index is 658. The second kappa shape index (κ2) is 7.02. The monoisotopic (exact) mass is 398 g/mol. The number of aromatic nitrogens is 1. The van der Waals surface area contributed by atoms with E-state index in [4.69, 9.17) is 4.74 Å². The Labute approximate surface area is 134 Å². The van der Waals surface area contributed by atoms with E-state index >= 15 is 0 Å². The molecule has 0 bridgehead atoms. The highest BCUT2D eigenvalue weighted by Crippen LogP contribution is 2.11. The van der Waals surface area contributed by atoms with Crippen molar-refractivity contribution in [1.82, 2.24) is 0 Å². The van der Waals surface area contributed by atoms with Crippen LogP contribution in [0, 0.1) is 8.78 Å². The highest BCUT2D eigenvalue weighted by Gasteiger charge is 2.12. The molecule has 0 aliphatic rings. The van der Waals surface area contributed by atoms with Crippen LogP contribution in [0.3, 0.4) is 0 Å². The summed E-state index contributed by atoms with van der Waals surface area (Å²) in [7, 11) is 0. The fourth-order valence-corrected chi connectivity index (χ4v) is 1.88. The molecule has 1 heterocycles. The summed E-state index contributed by atoms with van der Waals surface area (Å²) in [6.07, 6.45) is 2.33. The second-order valence-electron chi connectivity index (χ2n) is 4.08. The van der Waals surface area contributed by atoms with Crippen molar-refractivity contribution in [1.29, 1.82) is 0 Å². The van der Waals surface area contributed by atoms with Crippen molar-refractivity contribution in [2.45, 2.75) is 0 Å². The van der Waals surface area contributed by atoms with Crippen molar-refractivity contribution in [3.8, 4) is 0 Å². The topological polar surface area (TPSA) is 82.3 Å². The van der Waals surface area contributed by atoms with Crippen LogP contribution in [0.15, 0.2) is 48.8 Å². The van der Waals surface area contributed by atoms with Gasteiger partial charge in [-0.15, -0.1) is 0 Å². The van der Waals surface area contributed by atoms with Crippen LogP contribution in [0.2, 0.25) is 0 Å². The first-order valence-corrected chi connectivity index (χ1v) is 7.04. The summed E-state index contributed by atoms with van der Waals surface area (Å²) in [4.78, 5) is 23.3. The third-order valence-corrected chi connectivity index (χ3v) is 3.19. The lowest BCUT2D eigenvalue weighted by Gasteiger charge is -2.06. The van der Waals surface area contributed by atoms with E-state index in [1.165, 1.54) is 18.3 Å². The van der Waals surface area contributed by atoms with Crippen molar-refractivity contribution in [2.75, 3.05) is 11.9 Å². The van der Waals surface area contributed by atoms with Gasteiger partial charge in [-0.25, -0.2) is 4.79 Å². The smallest absolute Gasteiger partial charge is 0.344 e. The number of ether oxygens (including phenoxy) is 1. The highest BCUT2D eigenvalue weighted by molar-refractivity contribution is 14.1. The summed E-state index contributed by atoms with van der Waals surface area (Å²) in [5.41, 5.74) is 0.711. The van der Waals surface area contributed by atoms with Crippen molar-refractivity contribution < 1.29 is 19.1 Å². The van der Waals surface area contributed by atoms with Crippen LogP contribution >= 0.6 is 22.6 Å². The Morgan fingerprint density at radius 2 is 1.95 bits per heavy atom.